The maximum atomic E-state index is 10.7. The molecule has 2 aromatic heterocycles. The molecule has 1 aromatic carbocycles. The second-order valence-corrected chi connectivity index (χ2v) is 4.47. The molecular formula is C16H12N2O2. The fourth-order valence-electron chi connectivity index (χ4n) is 1.97. The molecule has 0 unspecified atom stereocenters. The van der Waals surface area contributed by atoms with Crippen molar-refractivity contribution in [3.8, 4) is 11.6 Å². The number of fused-ring (bicyclic) bond motifs is 1. The Hall–Kier alpha value is -2.75. The van der Waals surface area contributed by atoms with Crippen molar-refractivity contribution in [3.05, 3.63) is 59.9 Å². The van der Waals surface area contributed by atoms with Gasteiger partial charge in [0.25, 0.3) is 0 Å². The van der Waals surface area contributed by atoms with Gasteiger partial charge in [-0.05, 0) is 25.1 Å². The van der Waals surface area contributed by atoms with Crippen LogP contribution in [-0.4, -0.2) is 16.3 Å². The third kappa shape index (κ3) is 2.36. The Bertz CT molecular complexity index is 784. The number of pyridine rings is 2. The van der Waals surface area contributed by atoms with Crippen molar-refractivity contribution < 1.29 is 9.53 Å². The van der Waals surface area contributed by atoms with Gasteiger partial charge >= 0.3 is 0 Å². The van der Waals surface area contributed by atoms with Crippen molar-refractivity contribution in [2.24, 2.45) is 0 Å². The molecule has 0 atom stereocenters. The van der Waals surface area contributed by atoms with Crippen LogP contribution in [0.25, 0.3) is 10.9 Å². The Labute approximate surface area is 116 Å². The number of benzene rings is 1. The van der Waals surface area contributed by atoms with Gasteiger partial charge in [0, 0.05) is 22.7 Å². The number of aldehydes is 1. The number of aryl methyl sites for hydroxylation is 1. The van der Waals surface area contributed by atoms with Gasteiger partial charge < -0.3 is 4.74 Å². The summed E-state index contributed by atoms with van der Waals surface area (Å²) in [6.07, 6.45) is 3.92. The Balaban J connectivity index is 1.94. The van der Waals surface area contributed by atoms with E-state index in [1.807, 2.05) is 37.3 Å². The van der Waals surface area contributed by atoms with Gasteiger partial charge in [-0.15, -0.1) is 0 Å². The number of nitrogens with zero attached hydrogens (tertiary/aromatic N) is 2. The van der Waals surface area contributed by atoms with Gasteiger partial charge in [0.2, 0.25) is 5.88 Å². The number of carbonyl (C=O) groups is 1. The molecule has 0 bridgehead atoms. The van der Waals surface area contributed by atoms with Crippen molar-refractivity contribution in [1.82, 2.24) is 9.97 Å². The molecule has 0 aliphatic rings. The van der Waals surface area contributed by atoms with Gasteiger partial charge in [0.1, 0.15) is 5.75 Å². The van der Waals surface area contributed by atoms with Crippen LogP contribution < -0.4 is 4.74 Å². The number of hydrogen-bond acceptors (Lipinski definition) is 4. The minimum Gasteiger partial charge on any atom is -0.437 e. The summed E-state index contributed by atoms with van der Waals surface area (Å²) in [7, 11) is 0. The quantitative estimate of drug-likeness (QED) is 0.679. The van der Waals surface area contributed by atoms with Gasteiger partial charge in [-0.1, -0.05) is 18.2 Å². The summed E-state index contributed by atoms with van der Waals surface area (Å²) in [5, 5.41) is 1.01. The molecule has 0 aliphatic carbocycles. The minimum atomic E-state index is 0.479. The van der Waals surface area contributed by atoms with Crippen molar-refractivity contribution in [2.75, 3.05) is 0 Å². The maximum Gasteiger partial charge on any atom is 0.222 e. The Morgan fingerprint density at radius 2 is 1.95 bits per heavy atom. The lowest BCUT2D eigenvalue weighted by molar-refractivity contribution is 0.112. The van der Waals surface area contributed by atoms with Crippen molar-refractivity contribution in [2.45, 2.75) is 6.92 Å². The van der Waals surface area contributed by atoms with E-state index < -0.39 is 0 Å². The maximum absolute atomic E-state index is 10.7. The van der Waals surface area contributed by atoms with Crippen molar-refractivity contribution in [1.29, 1.82) is 0 Å². The first-order valence-electron chi connectivity index (χ1n) is 6.21. The molecule has 20 heavy (non-hydrogen) atoms. The van der Waals surface area contributed by atoms with E-state index in [2.05, 4.69) is 9.97 Å². The van der Waals surface area contributed by atoms with Crippen LogP contribution in [0.3, 0.4) is 0 Å². The van der Waals surface area contributed by atoms with Gasteiger partial charge in [-0.3, -0.25) is 9.78 Å². The summed E-state index contributed by atoms with van der Waals surface area (Å²) < 4.78 is 5.73. The molecule has 3 rings (SSSR count). The van der Waals surface area contributed by atoms with Gasteiger partial charge in [-0.2, -0.15) is 0 Å². The molecule has 3 aromatic rings. The Morgan fingerprint density at radius 1 is 1.10 bits per heavy atom. The highest BCUT2D eigenvalue weighted by Crippen LogP contribution is 2.25. The van der Waals surface area contributed by atoms with E-state index in [-0.39, 0.29) is 0 Å². The number of para-hydroxylation sites is 1. The van der Waals surface area contributed by atoms with Crippen LogP contribution in [0.5, 0.6) is 11.6 Å². The van der Waals surface area contributed by atoms with Crippen LogP contribution in [0.2, 0.25) is 0 Å². The fourth-order valence-corrected chi connectivity index (χ4v) is 1.97. The van der Waals surface area contributed by atoms with Crippen LogP contribution in [0.15, 0.2) is 48.8 Å². The predicted molar refractivity (Wildman–Crippen MR) is 76.2 cm³/mol. The van der Waals surface area contributed by atoms with Crippen LogP contribution in [0.4, 0.5) is 0 Å². The second kappa shape index (κ2) is 5.09. The number of aromatic nitrogens is 2. The Morgan fingerprint density at radius 3 is 2.75 bits per heavy atom. The largest absolute Gasteiger partial charge is 0.437 e. The Kier molecular flexibility index (Phi) is 3.13. The smallest absolute Gasteiger partial charge is 0.222 e. The number of hydrogen-bond donors (Lipinski definition) is 0. The summed E-state index contributed by atoms with van der Waals surface area (Å²) in [4.78, 5) is 19.2. The molecule has 0 radical (unpaired) electrons. The zero-order chi connectivity index (χ0) is 13.9. The summed E-state index contributed by atoms with van der Waals surface area (Å²) in [6, 6.07) is 11.5. The highest BCUT2D eigenvalue weighted by atomic mass is 16.5. The standard InChI is InChI=1S/C16H12N2O2/c1-11-6-12(10-19)8-18-16(11)20-14-7-13-4-2-3-5-15(13)17-9-14/h2-10H,1H3. The topological polar surface area (TPSA) is 52.1 Å². The van der Waals surface area contributed by atoms with Gasteiger partial charge in [0.05, 0.1) is 11.7 Å². The van der Waals surface area contributed by atoms with Crippen molar-refractivity contribution >= 4 is 17.2 Å². The number of rotatable bonds is 3. The molecule has 0 spiro atoms. The first kappa shape index (κ1) is 12.3. The summed E-state index contributed by atoms with van der Waals surface area (Å²) in [6.45, 7) is 1.85. The first-order chi connectivity index (χ1) is 9.76. The predicted octanol–water partition coefficient (Wildman–Crippen LogP) is 3.54. The van der Waals surface area contributed by atoms with E-state index in [0.717, 1.165) is 22.8 Å². The normalized spacial score (nSPS) is 10.4. The zero-order valence-electron chi connectivity index (χ0n) is 10.9. The van der Waals surface area contributed by atoms with E-state index in [1.165, 1.54) is 6.20 Å². The van der Waals surface area contributed by atoms with Crippen LogP contribution in [-0.2, 0) is 0 Å². The third-order valence-corrected chi connectivity index (χ3v) is 2.97. The lowest BCUT2D eigenvalue weighted by Gasteiger charge is -2.08. The molecule has 0 fully saturated rings. The van der Waals surface area contributed by atoms with E-state index in [4.69, 9.17) is 4.74 Å². The van der Waals surface area contributed by atoms with Crippen LogP contribution in [0, 0.1) is 6.92 Å². The molecule has 0 amide bonds. The molecule has 4 nitrogen and oxygen atoms in total. The molecule has 0 aliphatic heterocycles. The van der Waals surface area contributed by atoms with Gasteiger partial charge in [-0.25, -0.2) is 4.98 Å². The number of carbonyl (C=O) groups excluding carboxylic acids is 1. The SMILES string of the molecule is Cc1cc(C=O)cnc1Oc1cnc2ccccc2c1. The van der Waals surface area contributed by atoms with Crippen LogP contribution in [0.1, 0.15) is 15.9 Å². The van der Waals surface area contributed by atoms with Crippen LogP contribution >= 0.6 is 0 Å². The second-order valence-electron chi connectivity index (χ2n) is 4.47. The first-order valence-corrected chi connectivity index (χ1v) is 6.21. The van der Waals surface area contributed by atoms with E-state index in [9.17, 15) is 4.79 Å². The molecular weight excluding hydrogens is 252 g/mol. The third-order valence-electron chi connectivity index (χ3n) is 2.97. The molecule has 98 valence electrons. The highest BCUT2D eigenvalue weighted by molar-refractivity contribution is 5.79. The monoisotopic (exact) mass is 264 g/mol. The highest BCUT2D eigenvalue weighted by Gasteiger charge is 2.05. The van der Waals surface area contributed by atoms with Gasteiger partial charge in [0.15, 0.2) is 6.29 Å². The average molecular weight is 264 g/mol. The molecule has 2 heterocycles. The lowest BCUT2D eigenvalue weighted by atomic mass is 10.2. The fraction of sp³-hybridized carbons (Fsp3) is 0.0625. The van der Waals surface area contributed by atoms with E-state index in [0.29, 0.717) is 17.2 Å². The summed E-state index contributed by atoms with van der Waals surface area (Å²) in [5.74, 6) is 1.10. The molecule has 0 N–H and O–H groups in total. The minimum absolute atomic E-state index is 0.479. The summed E-state index contributed by atoms with van der Waals surface area (Å²) >= 11 is 0. The molecule has 0 saturated carbocycles. The average Bonchev–Trinajstić information content (AvgIpc) is 2.49. The number of ether oxygens (including phenoxy) is 1. The van der Waals surface area contributed by atoms with E-state index in [1.54, 1.807) is 12.3 Å². The van der Waals surface area contributed by atoms with E-state index >= 15 is 0 Å². The lowest BCUT2D eigenvalue weighted by Crippen LogP contribution is -1.94. The molecule has 4 heteroatoms. The molecule has 0 saturated heterocycles. The summed E-state index contributed by atoms with van der Waals surface area (Å²) in [5.41, 5.74) is 2.26. The zero-order valence-corrected chi connectivity index (χ0v) is 10.9. The van der Waals surface area contributed by atoms with Crippen molar-refractivity contribution in [3.63, 3.8) is 0 Å².